The number of hydrogen-bond donors (Lipinski definition) is 1. The van der Waals surface area contributed by atoms with E-state index in [0.717, 1.165) is 11.3 Å². The molecule has 0 saturated carbocycles. The first-order valence-corrected chi connectivity index (χ1v) is 7.28. The molecule has 0 aliphatic heterocycles. The fourth-order valence-electron chi connectivity index (χ4n) is 1.49. The highest BCUT2D eigenvalue weighted by atomic mass is 32.1. The maximum Gasteiger partial charge on any atom is 0.357 e. The van der Waals surface area contributed by atoms with Crippen LogP contribution in [-0.4, -0.2) is 30.1 Å². The average molecular weight is 324 g/mol. The molecule has 1 aromatic carbocycles. The van der Waals surface area contributed by atoms with Gasteiger partial charge in [0.05, 0.1) is 6.61 Å². The molecule has 0 bridgehead atoms. The molecule has 1 heterocycles. The van der Waals surface area contributed by atoms with E-state index in [1.54, 1.807) is 13.0 Å². The summed E-state index contributed by atoms with van der Waals surface area (Å²) in [6, 6.07) is 5.78. The number of halogens is 1. The maximum absolute atomic E-state index is 13.3. The molecule has 6 nitrogen and oxygen atoms in total. The zero-order valence-corrected chi connectivity index (χ0v) is 12.5. The number of esters is 1. The van der Waals surface area contributed by atoms with Gasteiger partial charge in [-0.1, -0.05) is 12.1 Å². The molecule has 1 amide bonds. The van der Waals surface area contributed by atoms with Crippen LogP contribution in [0.15, 0.2) is 29.6 Å². The molecule has 1 aromatic heterocycles. The number of ether oxygens (including phenoxy) is 2. The Hall–Kier alpha value is -2.48. The topological polar surface area (TPSA) is 77.5 Å². The summed E-state index contributed by atoms with van der Waals surface area (Å²) in [5, 5.41) is 4.18. The Morgan fingerprint density at radius 1 is 1.36 bits per heavy atom. The standard InChI is InChI=1S/C14H13FN2O4S/c1-2-20-13(19)10-8-22-14(16-10)17-12(18)7-21-11-6-4-3-5-9(11)15/h3-6,8H,2,7H2,1H3,(H,16,17,18). The molecule has 0 fully saturated rings. The predicted molar refractivity (Wildman–Crippen MR) is 78.6 cm³/mol. The molecular weight excluding hydrogens is 311 g/mol. The lowest BCUT2D eigenvalue weighted by atomic mass is 10.3. The maximum atomic E-state index is 13.3. The van der Waals surface area contributed by atoms with E-state index < -0.39 is 17.7 Å². The van der Waals surface area contributed by atoms with E-state index in [0.29, 0.717) is 0 Å². The summed E-state index contributed by atoms with van der Waals surface area (Å²) in [4.78, 5) is 27.1. The van der Waals surface area contributed by atoms with Crippen LogP contribution in [0.3, 0.4) is 0 Å². The first kappa shape index (κ1) is 15.9. The molecule has 0 spiro atoms. The Labute approximate surface area is 129 Å². The summed E-state index contributed by atoms with van der Waals surface area (Å²) in [5.41, 5.74) is 0.122. The van der Waals surface area contributed by atoms with Gasteiger partial charge in [0.15, 0.2) is 29.0 Å². The fraction of sp³-hybridized carbons (Fsp3) is 0.214. The van der Waals surface area contributed by atoms with E-state index in [1.807, 2.05) is 0 Å². The second-order valence-electron chi connectivity index (χ2n) is 4.03. The molecule has 0 aliphatic rings. The van der Waals surface area contributed by atoms with Crippen LogP contribution in [0.1, 0.15) is 17.4 Å². The third kappa shape index (κ3) is 4.26. The molecule has 22 heavy (non-hydrogen) atoms. The van der Waals surface area contributed by atoms with Crippen LogP contribution >= 0.6 is 11.3 Å². The van der Waals surface area contributed by atoms with Crippen LogP contribution in [0, 0.1) is 5.82 Å². The van der Waals surface area contributed by atoms with Gasteiger partial charge in [-0.15, -0.1) is 11.3 Å². The molecule has 0 radical (unpaired) electrons. The number of anilines is 1. The highest BCUT2D eigenvalue weighted by Crippen LogP contribution is 2.17. The SMILES string of the molecule is CCOC(=O)c1csc(NC(=O)COc2ccccc2F)n1. The predicted octanol–water partition coefficient (Wildman–Crippen LogP) is 2.48. The largest absolute Gasteiger partial charge is 0.481 e. The van der Waals surface area contributed by atoms with Crippen LogP contribution < -0.4 is 10.1 Å². The first-order chi connectivity index (χ1) is 10.6. The van der Waals surface area contributed by atoms with Gasteiger partial charge >= 0.3 is 5.97 Å². The van der Waals surface area contributed by atoms with Crippen LogP contribution in [0.4, 0.5) is 9.52 Å². The van der Waals surface area contributed by atoms with Crippen molar-refractivity contribution in [3.63, 3.8) is 0 Å². The number of carbonyl (C=O) groups is 2. The monoisotopic (exact) mass is 324 g/mol. The number of carbonyl (C=O) groups excluding carboxylic acids is 2. The number of thiazole rings is 1. The second-order valence-corrected chi connectivity index (χ2v) is 4.88. The van der Waals surface area contributed by atoms with Crippen LogP contribution in [0.2, 0.25) is 0 Å². The normalized spacial score (nSPS) is 10.1. The molecular formula is C14H13FN2O4S. The Balaban J connectivity index is 1.87. The number of nitrogens with zero attached hydrogens (tertiary/aromatic N) is 1. The van der Waals surface area contributed by atoms with E-state index in [9.17, 15) is 14.0 Å². The summed E-state index contributed by atoms with van der Waals surface area (Å²) >= 11 is 1.08. The second kappa shape index (κ2) is 7.51. The lowest BCUT2D eigenvalue weighted by Crippen LogP contribution is -2.20. The van der Waals surface area contributed by atoms with Gasteiger partial charge in [0, 0.05) is 5.38 Å². The van der Waals surface area contributed by atoms with Gasteiger partial charge in [0.1, 0.15) is 0 Å². The van der Waals surface area contributed by atoms with Crippen molar-refractivity contribution in [3.8, 4) is 5.75 Å². The van der Waals surface area contributed by atoms with Crippen LogP contribution in [-0.2, 0) is 9.53 Å². The molecule has 0 atom stereocenters. The zero-order valence-electron chi connectivity index (χ0n) is 11.7. The van der Waals surface area contributed by atoms with Crippen molar-refractivity contribution in [1.29, 1.82) is 0 Å². The van der Waals surface area contributed by atoms with Gasteiger partial charge in [-0.25, -0.2) is 14.2 Å². The highest BCUT2D eigenvalue weighted by molar-refractivity contribution is 7.14. The molecule has 2 aromatic rings. The average Bonchev–Trinajstić information content (AvgIpc) is 2.95. The fourth-order valence-corrected chi connectivity index (χ4v) is 2.19. The van der Waals surface area contributed by atoms with Crippen molar-refractivity contribution in [3.05, 3.63) is 41.2 Å². The smallest absolute Gasteiger partial charge is 0.357 e. The lowest BCUT2D eigenvalue weighted by Gasteiger charge is -2.06. The number of benzene rings is 1. The number of nitrogens with one attached hydrogen (secondary N) is 1. The minimum absolute atomic E-state index is 0.0102. The number of amides is 1. The number of aromatic nitrogens is 1. The van der Waals surface area contributed by atoms with Crippen molar-refractivity contribution in [2.75, 3.05) is 18.5 Å². The van der Waals surface area contributed by atoms with Crippen molar-refractivity contribution in [1.82, 2.24) is 4.98 Å². The quantitative estimate of drug-likeness (QED) is 0.826. The van der Waals surface area contributed by atoms with Crippen LogP contribution in [0.5, 0.6) is 5.75 Å². The summed E-state index contributed by atoms with van der Waals surface area (Å²) in [7, 11) is 0. The Bertz CT molecular complexity index is 674. The molecule has 1 N–H and O–H groups in total. The number of hydrogen-bond acceptors (Lipinski definition) is 6. The van der Waals surface area contributed by atoms with Crippen LogP contribution in [0.25, 0.3) is 0 Å². The zero-order chi connectivity index (χ0) is 15.9. The summed E-state index contributed by atoms with van der Waals surface area (Å²) in [6.45, 7) is 1.57. The van der Waals surface area contributed by atoms with E-state index in [4.69, 9.17) is 9.47 Å². The summed E-state index contributed by atoms with van der Waals surface area (Å²) in [5.74, 6) is -1.62. The Kier molecular flexibility index (Phi) is 5.42. The highest BCUT2D eigenvalue weighted by Gasteiger charge is 2.13. The Morgan fingerprint density at radius 3 is 2.86 bits per heavy atom. The first-order valence-electron chi connectivity index (χ1n) is 6.40. The third-order valence-electron chi connectivity index (χ3n) is 2.43. The molecule has 116 valence electrons. The van der Waals surface area contributed by atoms with Gasteiger partial charge in [0.2, 0.25) is 0 Å². The van der Waals surface area contributed by atoms with Gasteiger partial charge in [-0.05, 0) is 19.1 Å². The molecule has 2 rings (SSSR count). The number of rotatable bonds is 6. The van der Waals surface area contributed by atoms with E-state index >= 15 is 0 Å². The molecule has 0 saturated heterocycles. The van der Waals surface area contributed by atoms with Crippen molar-refractivity contribution >= 4 is 28.3 Å². The van der Waals surface area contributed by atoms with E-state index in [1.165, 1.54) is 23.6 Å². The van der Waals surface area contributed by atoms with Crippen molar-refractivity contribution < 1.29 is 23.5 Å². The summed E-state index contributed by atoms with van der Waals surface area (Å²) in [6.07, 6.45) is 0. The minimum Gasteiger partial charge on any atom is -0.481 e. The Morgan fingerprint density at radius 2 is 2.14 bits per heavy atom. The van der Waals surface area contributed by atoms with Gasteiger partial charge in [-0.3, -0.25) is 10.1 Å². The summed E-state index contributed by atoms with van der Waals surface area (Å²) < 4.78 is 23.2. The lowest BCUT2D eigenvalue weighted by molar-refractivity contribution is -0.118. The van der Waals surface area contributed by atoms with E-state index in [-0.39, 0.29) is 29.8 Å². The third-order valence-corrected chi connectivity index (χ3v) is 3.19. The molecule has 0 unspecified atom stereocenters. The number of para-hydroxylation sites is 1. The van der Waals surface area contributed by atoms with Crippen molar-refractivity contribution in [2.24, 2.45) is 0 Å². The van der Waals surface area contributed by atoms with Gasteiger partial charge in [-0.2, -0.15) is 0 Å². The van der Waals surface area contributed by atoms with Gasteiger partial charge in [0.25, 0.3) is 5.91 Å². The minimum atomic E-state index is -0.554. The van der Waals surface area contributed by atoms with Crippen molar-refractivity contribution in [2.45, 2.75) is 6.92 Å². The van der Waals surface area contributed by atoms with E-state index in [2.05, 4.69) is 10.3 Å². The molecule has 8 heteroatoms. The molecule has 0 aliphatic carbocycles. The van der Waals surface area contributed by atoms with Gasteiger partial charge < -0.3 is 9.47 Å².